The molecule has 1 amide bonds. The molecule has 3 rings (SSSR count). The molecule has 2 aliphatic rings. The maximum absolute atomic E-state index is 12.9. The largest absolute Gasteiger partial charge is 0.381 e. The van der Waals surface area contributed by atoms with Gasteiger partial charge in [-0.2, -0.15) is 0 Å². The molecule has 124 valence electrons. The number of ketones is 1. The number of piperidine rings is 1. The van der Waals surface area contributed by atoms with Crippen molar-refractivity contribution in [3.63, 3.8) is 0 Å². The minimum atomic E-state index is -0.366. The monoisotopic (exact) mass is 319 g/mol. The molecule has 23 heavy (non-hydrogen) atoms. The number of carbonyl (C=O) groups excluding carboxylic acids is 2. The van der Waals surface area contributed by atoms with Crippen LogP contribution in [0.5, 0.6) is 0 Å². The normalized spacial score (nSPS) is 24.1. The number of ether oxygens (including phenoxy) is 1. The van der Waals surface area contributed by atoms with Crippen LogP contribution in [-0.4, -0.2) is 42.9 Å². The van der Waals surface area contributed by atoms with E-state index in [1.54, 1.807) is 0 Å². The summed E-state index contributed by atoms with van der Waals surface area (Å²) in [4.78, 5) is 26.4. The van der Waals surface area contributed by atoms with Crippen molar-refractivity contribution in [3.8, 4) is 0 Å². The molecule has 2 fully saturated rings. The van der Waals surface area contributed by atoms with Crippen molar-refractivity contribution in [2.24, 2.45) is 5.41 Å². The van der Waals surface area contributed by atoms with Crippen molar-refractivity contribution in [2.75, 3.05) is 26.3 Å². The summed E-state index contributed by atoms with van der Waals surface area (Å²) in [5.41, 5.74) is 0.591. The second kappa shape index (κ2) is 6.79. The Hall–Kier alpha value is -1.75. The fourth-order valence-corrected chi connectivity index (χ4v) is 3.55. The van der Waals surface area contributed by atoms with Crippen LogP contribution in [0.25, 0.3) is 0 Å². The van der Waals surface area contributed by atoms with Gasteiger partial charge < -0.3 is 9.64 Å². The molecule has 2 aliphatic heterocycles. The van der Waals surface area contributed by atoms with E-state index in [1.807, 2.05) is 4.90 Å². The molecule has 0 saturated carbocycles. The fraction of sp³-hybridized carbons (Fsp3) is 0.556. The molecule has 0 aliphatic carbocycles. The van der Waals surface area contributed by atoms with Crippen molar-refractivity contribution in [1.29, 1.82) is 0 Å². The van der Waals surface area contributed by atoms with Crippen LogP contribution < -0.4 is 0 Å². The summed E-state index contributed by atoms with van der Waals surface area (Å²) in [7, 11) is 0. The number of hydrogen-bond donors (Lipinski definition) is 0. The van der Waals surface area contributed by atoms with Gasteiger partial charge in [-0.25, -0.2) is 4.39 Å². The first-order valence-electron chi connectivity index (χ1n) is 8.22. The first-order valence-corrected chi connectivity index (χ1v) is 8.22. The van der Waals surface area contributed by atoms with E-state index in [-0.39, 0.29) is 35.8 Å². The van der Waals surface area contributed by atoms with Gasteiger partial charge in [-0.3, -0.25) is 9.59 Å². The highest BCUT2D eigenvalue weighted by atomic mass is 19.1. The van der Waals surface area contributed by atoms with E-state index >= 15 is 0 Å². The number of hydrogen-bond acceptors (Lipinski definition) is 3. The average Bonchev–Trinajstić information content (AvgIpc) is 3.00. The summed E-state index contributed by atoms with van der Waals surface area (Å²) in [6.07, 6.45) is 3.52. The van der Waals surface area contributed by atoms with E-state index in [1.165, 1.54) is 24.3 Å². The standard InChI is InChI=1S/C18H22FNO3/c19-15-4-2-14(3-5-15)16(21)6-7-17(22)20-10-1-8-18(12-20)9-11-23-13-18/h2-5H,1,6-13H2/t18-/m1/s1. The Kier molecular flexibility index (Phi) is 4.76. The SMILES string of the molecule is O=C(CCC(=O)N1CCC[C@@]2(CCOC2)C1)c1ccc(F)cc1. The molecule has 2 heterocycles. The second-order valence-corrected chi connectivity index (χ2v) is 6.65. The van der Waals surface area contributed by atoms with Crippen molar-refractivity contribution in [3.05, 3.63) is 35.6 Å². The van der Waals surface area contributed by atoms with Gasteiger partial charge in [-0.05, 0) is 43.5 Å². The first kappa shape index (κ1) is 16.1. The van der Waals surface area contributed by atoms with Gasteiger partial charge in [-0.1, -0.05) is 0 Å². The molecule has 0 bridgehead atoms. The zero-order chi connectivity index (χ0) is 16.3. The van der Waals surface area contributed by atoms with E-state index in [0.29, 0.717) is 5.56 Å². The quantitative estimate of drug-likeness (QED) is 0.802. The molecule has 1 aromatic rings. The molecular formula is C18H22FNO3. The van der Waals surface area contributed by atoms with Gasteiger partial charge in [0.15, 0.2) is 5.78 Å². The van der Waals surface area contributed by atoms with Gasteiger partial charge in [0.25, 0.3) is 0 Å². The zero-order valence-corrected chi connectivity index (χ0v) is 13.2. The Labute approximate surface area is 135 Å². The lowest BCUT2D eigenvalue weighted by atomic mass is 9.79. The molecule has 5 heteroatoms. The van der Waals surface area contributed by atoms with Gasteiger partial charge in [-0.15, -0.1) is 0 Å². The lowest BCUT2D eigenvalue weighted by Gasteiger charge is -2.39. The summed E-state index contributed by atoms with van der Waals surface area (Å²) in [6.45, 7) is 3.04. The third kappa shape index (κ3) is 3.78. The molecule has 0 radical (unpaired) electrons. The van der Waals surface area contributed by atoms with Crippen LogP contribution in [0.4, 0.5) is 4.39 Å². The molecule has 2 saturated heterocycles. The van der Waals surface area contributed by atoms with Crippen LogP contribution in [-0.2, 0) is 9.53 Å². The predicted molar refractivity (Wildman–Crippen MR) is 83.6 cm³/mol. The number of likely N-dealkylation sites (tertiary alicyclic amines) is 1. The van der Waals surface area contributed by atoms with E-state index < -0.39 is 0 Å². The maximum Gasteiger partial charge on any atom is 0.223 e. The highest BCUT2D eigenvalue weighted by molar-refractivity contribution is 5.97. The number of carbonyl (C=O) groups is 2. The summed E-state index contributed by atoms with van der Waals surface area (Å²) >= 11 is 0. The van der Waals surface area contributed by atoms with Crippen LogP contribution in [0.2, 0.25) is 0 Å². The van der Waals surface area contributed by atoms with Gasteiger partial charge in [0.05, 0.1) is 6.61 Å². The maximum atomic E-state index is 12.9. The third-order valence-corrected chi connectivity index (χ3v) is 4.93. The lowest BCUT2D eigenvalue weighted by Crippen LogP contribution is -2.46. The Morgan fingerprint density at radius 3 is 2.65 bits per heavy atom. The zero-order valence-electron chi connectivity index (χ0n) is 13.2. The van der Waals surface area contributed by atoms with Crippen LogP contribution in [0.15, 0.2) is 24.3 Å². The molecule has 4 nitrogen and oxygen atoms in total. The van der Waals surface area contributed by atoms with E-state index in [0.717, 1.165) is 45.6 Å². The Morgan fingerprint density at radius 2 is 1.96 bits per heavy atom. The predicted octanol–water partition coefficient (Wildman–Crippen LogP) is 2.82. The Balaban J connectivity index is 1.52. The number of benzene rings is 1. The molecule has 1 aromatic carbocycles. The Bertz CT molecular complexity index is 578. The fourth-order valence-electron chi connectivity index (χ4n) is 3.55. The average molecular weight is 319 g/mol. The van der Waals surface area contributed by atoms with Gasteiger partial charge in [0.1, 0.15) is 5.82 Å². The van der Waals surface area contributed by atoms with Crippen LogP contribution in [0.3, 0.4) is 0 Å². The summed E-state index contributed by atoms with van der Waals surface area (Å²) in [6, 6.07) is 5.47. The van der Waals surface area contributed by atoms with Crippen molar-refractivity contribution in [1.82, 2.24) is 4.90 Å². The smallest absolute Gasteiger partial charge is 0.223 e. The van der Waals surface area contributed by atoms with Crippen LogP contribution in [0.1, 0.15) is 42.5 Å². The molecule has 0 aromatic heterocycles. The lowest BCUT2D eigenvalue weighted by molar-refractivity contribution is -0.134. The van der Waals surface area contributed by atoms with Gasteiger partial charge in [0, 0.05) is 43.5 Å². The number of amides is 1. The second-order valence-electron chi connectivity index (χ2n) is 6.65. The summed E-state index contributed by atoms with van der Waals surface area (Å²) in [5.74, 6) is -0.448. The minimum absolute atomic E-state index is 0.0337. The molecule has 0 unspecified atom stereocenters. The highest BCUT2D eigenvalue weighted by Gasteiger charge is 2.40. The minimum Gasteiger partial charge on any atom is -0.381 e. The van der Waals surface area contributed by atoms with Crippen LogP contribution >= 0.6 is 0 Å². The van der Waals surface area contributed by atoms with Crippen LogP contribution in [0, 0.1) is 11.2 Å². The van der Waals surface area contributed by atoms with E-state index in [2.05, 4.69) is 0 Å². The number of rotatable bonds is 4. The van der Waals surface area contributed by atoms with Crippen molar-refractivity contribution >= 4 is 11.7 Å². The van der Waals surface area contributed by atoms with Gasteiger partial charge in [0.2, 0.25) is 5.91 Å². The molecule has 1 atom stereocenters. The van der Waals surface area contributed by atoms with Gasteiger partial charge >= 0.3 is 0 Å². The summed E-state index contributed by atoms with van der Waals surface area (Å²) in [5, 5.41) is 0. The summed E-state index contributed by atoms with van der Waals surface area (Å²) < 4.78 is 18.4. The molecule has 1 spiro atoms. The topological polar surface area (TPSA) is 46.6 Å². The number of halogens is 1. The van der Waals surface area contributed by atoms with E-state index in [9.17, 15) is 14.0 Å². The first-order chi connectivity index (χ1) is 11.1. The molecular weight excluding hydrogens is 297 g/mol. The van der Waals surface area contributed by atoms with Crippen molar-refractivity contribution < 1.29 is 18.7 Å². The van der Waals surface area contributed by atoms with E-state index in [4.69, 9.17) is 4.74 Å². The number of Topliss-reactive ketones (excluding diaryl/α,β-unsaturated/α-hetero) is 1. The Morgan fingerprint density at radius 1 is 1.17 bits per heavy atom. The number of nitrogens with zero attached hydrogens (tertiary/aromatic N) is 1. The molecule has 0 N–H and O–H groups in total. The highest BCUT2D eigenvalue weighted by Crippen LogP contribution is 2.37. The third-order valence-electron chi connectivity index (χ3n) is 4.93. The van der Waals surface area contributed by atoms with Crippen molar-refractivity contribution in [2.45, 2.75) is 32.1 Å².